The quantitative estimate of drug-likeness (QED) is 0.885. The fourth-order valence-electron chi connectivity index (χ4n) is 2.81. The Bertz CT molecular complexity index is 714. The largest absolute Gasteiger partial charge is 0.481 e. The number of carbonyl (C=O) groups excluding carboxylic acids is 1. The van der Waals surface area contributed by atoms with Gasteiger partial charge in [-0.2, -0.15) is 0 Å². The zero-order valence-corrected chi connectivity index (χ0v) is 13.3. The van der Waals surface area contributed by atoms with Crippen LogP contribution in [0.5, 0.6) is 5.88 Å². The van der Waals surface area contributed by atoms with Crippen LogP contribution < -0.4 is 15.4 Å². The molecule has 0 radical (unpaired) electrons. The van der Waals surface area contributed by atoms with Gasteiger partial charge < -0.3 is 20.1 Å². The number of rotatable bonds is 4. The van der Waals surface area contributed by atoms with E-state index in [1.807, 2.05) is 6.07 Å². The lowest BCUT2D eigenvalue weighted by Gasteiger charge is -2.34. The van der Waals surface area contributed by atoms with Gasteiger partial charge >= 0.3 is 0 Å². The Kier molecular flexibility index (Phi) is 4.40. The summed E-state index contributed by atoms with van der Waals surface area (Å²) in [5.74, 6) is 0.322. The first-order chi connectivity index (χ1) is 11.2. The lowest BCUT2D eigenvalue weighted by molar-refractivity contribution is -0.140. The predicted octanol–water partition coefficient (Wildman–Crippen LogP) is 1.35. The summed E-state index contributed by atoms with van der Waals surface area (Å²) < 4.78 is 10.7. The Morgan fingerprint density at radius 1 is 1.26 bits per heavy atom. The lowest BCUT2D eigenvalue weighted by atomic mass is 9.91. The summed E-state index contributed by atoms with van der Waals surface area (Å²) in [6.07, 6.45) is 2.91. The summed E-state index contributed by atoms with van der Waals surface area (Å²) >= 11 is 0. The molecule has 122 valence electrons. The molecule has 0 aliphatic carbocycles. The molecule has 23 heavy (non-hydrogen) atoms. The van der Waals surface area contributed by atoms with Gasteiger partial charge in [0.25, 0.3) is 5.91 Å². The summed E-state index contributed by atoms with van der Waals surface area (Å²) in [5.41, 5.74) is 1.09. The molecule has 2 aromatic rings. The molecule has 0 bridgehead atoms. The number of ether oxygens (including phenoxy) is 2. The maximum absolute atomic E-state index is 12.8. The lowest BCUT2D eigenvalue weighted by Crippen LogP contribution is -2.51. The molecule has 2 N–H and O–H groups in total. The van der Waals surface area contributed by atoms with Crippen LogP contribution in [-0.2, 0) is 9.53 Å². The Hall–Kier alpha value is -2.25. The van der Waals surface area contributed by atoms with Gasteiger partial charge in [0.15, 0.2) is 0 Å². The molecule has 2 aromatic heterocycles. The van der Waals surface area contributed by atoms with Crippen LogP contribution in [0, 0.1) is 0 Å². The molecule has 0 spiro atoms. The van der Waals surface area contributed by atoms with Crippen LogP contribution >= 0.6 is 0 Å². The minimum atomic E-state index is -0.806. The number of carbonyl (C=O) groups is 1. The van der Waals surface area contributed by atoms with Crippen LogP contribution in [0.2, 0.25) is 0 Å². The summed E-state index contributed by atoms with van der Waals surface area (Å²) in [7, 11) is 3.13. The van der Waals surface area contributed by atoms with Gasteiger partial charge in [-0.1, -0.05) is 0 Å². The summed E-state index contributed by atoms with van der Waals surface area (Å²) in [5, 5.41) is 6.19. The Labute approximate surface area is 134 Å². The number of nitrogens with one attached hydrogen (secondary N) is 2. The molecule has 1 saturated heterocycles. The molecule has 0 unspecified atom stereocenters. The van der Waals surface area contributed by atoms with Gasteiger partial charge in [0.05, 0.1) is 18.3 Å². The van der Waals surface area contributed by atoms with Crippen molar-refractivity contribution in [2.75, 3.05) is 32.6 Å². The molecule has 7 heteroatoms. The highest BCUT2D eigenvalue weighted by Gasteiger charge is 2.39. The number of nitrogens with zero attached hydrogens (tertiary/aromatic N) is 2. The molecule has 3 heterocycles. The van der Waals surface area contributed by atoms with Crippen molar-refractivity contribution in [3.05, 3.63) is 24.4 Å². The third-order valence-corrected chi connectivity index (χ3v) is 4.23. The van der Waals surface area contributed by atoms with Crippen LogP contribution in [0.15, 0.2) is 24.4 Å². The Balaban J connectivity index is 1.92. The van der Waals surface area contributed by atoms with Crippen LogP contribution in [0.1, 0.15) is 12.8 Å². The van der Waals surface area contributed by atoms with Crippen molar-refractivity contribution >= 4 is 22.6 Å². The normalized spacial score (nSPS) is 17.0. The highest BCUT2D eigenvalue weighted by molar-refractivity contribution is 6.03. The molecule has 1 amide bonds. The highest BCUT2D eigenvalue weighted by atomic mass is 16.5. The number of methoxy groups -OCH3 is 2. The minimum Gasteiger partial charge on any atom is -0.481 e. The smallest absolute Gasteiger partial charge is 0.256 e. The number of aromatic nitrogens is 2. The van der Waals surface area contributed by atoms with E-state index in [-0.39, 0.29) is 5.91 Å². The second-order valence-corrected chi connectivity index (χ2v) is 5.48. The fourth-order valence-corrected chi connectivity index (χ4v) is 2.81. The molecule has 1 fully saturated rings. The topological polar surface area (TPSA) is 85.4 Å². The van der Waals surface area contributed by atoms with E-state index < -0.39 is 5.60 Å². The van der Waals surface area contributed by atoms with Crippen molar-refractivity contribution in [2.24, 2.45) is 0 Å². The third kappa shape index (κ3) is 2.97. The van der Waals surface area contributed by atoms with E-state index in [0.717, 1.165) is 13.1 Å². The fraction of sp³-hybridized carbons (Fsp3) is 0.438. The van der Waals surface area contributed by atoms with Crippen LogP contribution in [0.3, 0.4) is 0 Å². The van der Waals surface area contributed by atoms with E-state index in [2.05, 4.69) is 20.6 Å². The molecule has 3 rings (SSSR count). The summed E-state index contributed by atoms with van der Waals surface area (Å²) in [6.45, 7) is 1.51. The number of hydrogen-bond donors (Lipinski definition) is 2. The van der Waals surface area contributed by atoms with Crippen LogP contribution in [0.4, 0.5) is 5.69 Å². The van der Waals surface area contributed by atoms with Gasteiger partial charge in [-0.05, 0) is 38.1 Å². The van der Waals surface area contributed by atoms with Gasteiger partial charge in [-0.3, -0.25) is 9.78 Å². The van der Waals surface area contributed by atoms with E-state index in [9.17, 15) is 4.79 Å². The first-order valence-electron chi connectivity index (χ1n) is 7.55. The molecule has 7 nitrogen and oxygen atoms in total. The SMILES string of the molecule is COc1ccc2nccc(NC(=O)C3(OC)CCNCC3)c2n1. The number of piperidine rings is 1. The van der Waals surface area contributed by atoms with Crippen LogP contribution in [0.25, 0.3) is 11.0 Å². The molecular formula is C16H20N4O3. The van der Waals surface area contributed by atoms with Crippen molar-refractivity contribution in [2.45, 2.75) is 18.4 Å². The molecule has 0 atom stereocenters. The molecular weight excluding hydrogens is 296 g/mol. The molecule has 1 aliphatic heterocycles. The Morgan fingerprint density at radius 3 is 2.74 bits per heavy atom. The van der Waals surface area contributed by atoms with Crippen molar-refractivity contribution < 1.29 is 14.3 Å². The molecule has 1 aliphatic rings. The first-order valence-corrected chi connectivity index (χ1v) is 7.55. The molecule has 0 saturated carbocycles. The number of hydrogen-bond acceptors (Lipinski definition) is 6. The maximum atomic E-state index is 12.8. The van der Waals surface area contributed by atoms with Crippen molar-refractivity contribution in [3.8, 4) is 5.88 Å². The van der Waals surface area contributed by atoms with Crippen molar-refractivity contribution in [3.63, 3.8) is 0 Å². The van der Waals surface area contributed by atoms with E-state index in [4.69, 9.17) is 9.47 Å². The predicted molar refractivity (Wildman–Crippen MR) is 86.6 cm³/mol. The van der Waals surface area contributed by atoms with Gasteiger partial charge in [-0.15, -0.1) is 0 Å². The second-order valence-electron chi connectivity index (χ2n) is 5.48. The minimum absolute atomic E-state index is 0.154. The summed E-state index contributed by atoms with van der Waals surface area (Å²) in [4.78, 5) is 21.4. The van der Waals surface area contributed by atoms with E-state index >= 15 is 0 Å². The van der Waals surface area contributed by atoms with Crippen LogP contribution in [-0.4, -0.2) is 48.8 Å². The Morgan fingerprint density at radius 2 is 2.04 bits per heavy atom. The first kappa shape index (κ1) is 15.6. The van der Waals surface area contributed by atoms with E-state index in [0.29, 0.717) is 35.4 Å². The standard InChI is InChI=1S/C16H20N4O3/c1-22-13-4-3-11-14(20-13)12(5-8-18-11)19-15(21)16(23-2)6-9-17-10-7-16/h3-5,8,17H,6-7,9-10H2,1-2H3,(H,18,19,21). The maximum Gasteiger partial charge on any atom is 0.256 e. The van der Waals surface area contributed by atoms with Crippen molar-refractivity contribution in [1.29, 1.82) is 0 Å². The van der Waals surface area contributed by atoms with Gasteiger partial charge in [0.1, 0.15) is 11.1 Å². The molecule has 0 aromatic carbocycles. The van der Waals surface area contributed by atoms with Gasteiger partial charge in [0, 0.05) is 19.4 Å². The van der Waals surface area contributed by atoms with Gasteiger partial charge in [0.2, 0.25) is 5.88 Å². The zero-order valence-electron chi connectivity index (χ0n) is 13.3. The zero-order chi connectivity index (χ0) is 16.3. The monoisotopic (exact) mass is 316 g/mol. The number of fused-ring (bicyclic) bond motifs is 1. The van der Waals surface area contributed by atoms with E-state index in [1.165, 1.54) is 0 Å². The van der Waals surface area contributed by atoms with E-state index in [1.54, 1.807) is 32.5 Å². The van der Waals surface area contributed by atoms with Gasteiger partial charge in [-0.25, -0.2) is 4.98 Å². The highest BCUT2D eigenvalue weighted by Crippen LogP contribution is 2.27. The average Bonchev–Trinajstić information content (AvgIpc) is 2.62. The number of amides is 1. The average molecular weight is 316 g/mol. The van der Waals surface area contributed by atoms with Crippen molar-refractivity contribution in [1.82, 2.24) is 15.3 Å². The number of pyridine rings is 2. The second kappa shape index (κ2) is 6.47. The number of anilines is 1. The third-order valence-electron chi connectivity index (χ3n) is 4.23. The summed E-state index contributed by atoms with van der Waals surface area (Å²) in [6, 6.07) is 5.29.